The molecule has 1 amide bonds. The second kappa shape index (κ2) is 5.76. The maximum Gasteiger partial charge on any atom is 0.433 e. The van der Waals surface area contributed by atoms with Crippen LogP contribution in [0.3, 0.4) is 0 Å². The molecule has 2 aromatic rings. The summed E-state index contributed by atoms with van der Waals surface area (Å²) in [4.78, 5) is 15.9. The van der Waals surface area contributed by atoms with Crippen LogP contribution in [0.25, 0.3) is 11.3 Å². The maximum absolute atomic E-state index is 13.0. The molecule has 2 bridgehead atoms. The highest BCUT2D eigenvalue weighted by atomic mass is 19.4. The third-order valence-electron chi connectivity index (χ3n) is 6.56. The van der Waals surface area contributed by atoms with Gasteiger partial charge in [-0.3, -0.25) is 14.5 Å². The Labute approximate surface area is 166 Å². The number of pyridine rings is 1. The molecule has 160 valence electrons. The predicted molar refractivity (Wildman–Crippen MR) is 90.7 cm³/mol. The quantitative estimate of drug-likeness (QED) is 0.741. The number of aryl methyl sites for hydroxylation is 1. The summed E-state index contributed by atoms with van der Waals surface area (Å²) < 4.78 is 79.3. The Morgan fingerprint density at radius 3 is 2.47 bits per heavy atom. The van der Waals surface area contributed by atoms with Crippen molar-refractivity contribution >= 4 is 5.91 Å². The minimum Gasteiger partial charge on any atom is -0.347 e. The van der Waals surface area contributed by atoms with Crippen LogP contribution >= 0.6 is 0 Å². The molecular formula is C19H16F6N4O. The van der Waals surface area contributed by atoms with Crippen LogP contribution in [0, 0.1) is 10.8 Å². The molecule has 3 saturated carbocycles. The molecule has 0 spiro atoms. The van der Waals surface area contributed by atoms with Gasteiger partial charge in [0.2, 0.25) is 5.91 Å². The highest BCUT2D eigenvalue weighted by Gasteiger charge is 2.80. The van der Waals surface area contributed by atoms with Gasteiger partial charge in [0, 0.05) is 18.3 Å². The number of alkyl halides is 6. The van der Waals surface area contributed by atoms with Crippen molar-refractivity contribution in [1.29, 1.82) is 0 Å². The first-order valence-corrected chi connectivity index (χ1v) is 9.42. The lowest BCUT2D eigenvalue weighted by Crippen LogP contribution is -2.72. The summed E-state index contributed by atoms with van der Waals surface area (Å²) >= 11 is 0. The fourth-order valence-corrected chi connectivity index (χ4v) is 4.96. The number of nitrogens with zero attached hydrogens (tertiary/aromatic N) is 3. The Morgan fingerprint density at radius 1 is 1.13 bits per heavy atom. The van der Waals surface area contributed by atoms with Gasteiger partial charge in [-0.2, -0.15) is 31.4 Å². The molecule has 2 aromatic heterocycles. The Morgan fingerprint density at radius 2 is 1.83 bits per heavy atom. The number of hydrogen-bond acceptors (Lipinski definition) is 3. The van der Waals surface area contributed by atoms with Gasteiger partial charge in [-0.1, -0.05) is 0 Å². The summed E-state index contributed by atoms with van der Waals surface area (Å²) in [7, 11) is 0. The van der Waals surface area contributed by atoms with E-state index in [0.717, 1.165) is 12.3 Å². The highest BCUT2D eigenvalue weighted by Crippen LogP contribution is 2.78. The largest absolute Gasteiger partial charge is 0.433 e. The summed E-state index contributed by atoms with van der Waals surface area (Å²) in [5.74, 6) is -0.391. The molecule has 6 rings (SSSR count). The monoisotopic (exact) mass is 430 g/mol. The van der Waals surface area contributed by atoms with Crippen LogP contribution in [-0.2, 0) is 17.5 Å². The second-order valence-electron chi connectivity index (χ2n) is 8.51. The molecule has 5 nitrogen and oxygen atoms in total. The fourth-order valence-electron chi connectivity index (χ4n) is 4.96. The van der Waals surface area contributed by atoms with Crippen molar-refractivity contribution in [2.75, 3.05) is 0 Å². The van der Waals surface area contributed by atoms with E-state index in [0.29, 0.717) is 24.4 Å². The third-order valence-corrected chi connectivity index (χ3v) is 6.56. The van der Waals surface area contributed by atoms with Gasteiger partial charge in [0.15, 0.2) is 0 Å². The summed E-state index contributed by atoms with van der Waals surface area (Å²) in [6.45, 7) is 0.455. The van der Waals surface area contributed by atoms with E-state index in [1.54, 1.807) is 10.7 Å². The molecule has 1 atom stereocenters. The molecule has 3 aliphatic carbocycles. The second-order valence-corrected chi connectivity index (χ2v) is 8.51. The van der Waals surface area contributed by atoms with Gasteiger partial charge in [0.05, 0.1) is 28.3 Å². The number of hydrogen-bond donors (Lipinski definition) is 1. The van der Waals surface area contributed by atoms with Crippen molar-refractivity contribution in [3.63, 3.8) is 0 Å². The molecule has 0 unspecified atom stereocenters. The Bertz CT molecular complexity index is 1020. The molecule has 30 heavy (non-hydrogen) atoms. The van der Waals surface area contributed by atoms with Crippen molar-refractivity contribution in [3.8, 4) is 11.3 Å². The lowest BCUT2D eigenvalue weighted by Gasteiger charge is -2.69. The smallest absolute Gasteiger partial charge is 0.347 e. The van der Waals surface area contributed by atoms with E-state index in [2.05, 4.69) is 15.4 Å². The van der Waals surface area contributed by atoms with Crippen LogP contribution in [0.5, 0.6) is 0 Å². The van der Waals surface area contributed by atoms with E-state index in [9.17, 15) is 31.1 Å². The van der Waals surface area contributed by atoms with Gasteiger partial charge < -0.3 is 5.32 Å². The first-order chi connectivity index (χ1) is 13.9. The maximum atomic E-state index is 13.0. The van der Waals surface area contributed by atoms with E-state index in [-0.39, 0.29) is 24.8 Å². The summed E-state index contributed by atoms with van der Waals surface area (Å²) in [5.41, 5.74) is -2.49. The number of aromatic nitrogens is 3. The number of rotatable bonds is 3. The average molecular weight is 430 g/mol. The first-order valence-electron chi connectivity index (χ1n) is 9.42. The summed E-state index contributed by atoms with van der Waals surface area (Å²) in [5, 5.41) is 7.14. The molecule has 4 aliphatic rings. The molecule has 1 N–H and O–H groups in total. The lowest BCUT2D eigenvalue weighted by atomic mass is 9.34. The number of amides is 1. The molecule has 3 heterocycles. The van der Waals surface area contributed by atoms with Gasteiger partial charge in [-0.15, -0.1) is 0 Å². The Balaban J connectivity index is 1.31. The first kappa shape index (κ1) is 19.4. The SMILES string of the molecule is O=C(N[C@@H]1CCn2nc(-c3ccnc(C(F)(F)F)c3)cc21)C12CC(C(F)(F)F)(C1)C2. The van der Waals surface area contributed by atoms with Crippen molar-refractivity contribution in [2.45, 2.75) is 50.6 Å². The number of halogens is 6. The molecule has 0 saturated heterocycles. The average Bonchev–Trinajstić information content (AvgIpc) is 3.12. The molecular weight excluding hydrogens is 414 g/mol. The van der Waals surface area contributed by atoms with E-state index >= 15 is 0 Å². The number of carbonyl (C=O) groups excluding carboxylic acids is 1. The molecule has 1 aliphatic heterocycles. The van der Waals surface area contributed by atoms with Gasteiger partial charge >= 0.3 is 12.4 Å². The predicted octanol–water partition coefficient (Wildman–Crippen LogP) is 4.26. The van der Waals surface area contributed by atoms with Crippen LogP contribution in [-0.4, -0.2) is 26.8 Å². The molecule has 0 radical (unpaired) electrons. The molecule has 11 heteroatoms. The van der Waals surface area contributed by atoms with Crippen LogP contribution < -0.4 is 5.32 Å². The molecule has 3 fully saturated rings. The lowest BCUT2D eigenvalue weighted by molar-refractivity contribution is -0.351. The topological polar surface area (TPSA) is 59.8 Å². The zero-order valence-corrected chi connectivity index (χ0v) is 15.4. The Hall–Kier alpha value is -2.59. The van der Waals surface area contributed by atoms with Crippen molar-refractivity contribution in [3.05, 3.63) is 35.8 Å². The van der Waals surface area contributed by atoms with Crippen LogP contribution in [0.4, 0.5) is 26.3 Å². The van der Waals surface area contributed by atoms with E-state index in [1.807, 2.05) is 0 Å². The van der Waals surface area contributed by atoms with Gasteiger partial charge in [-0.05, 0) is 43.9 Å². The van der Waals surface area contributed by atoms with Crippen LogP contribution in [0.2, 0.25) is 0 Å². The van der Waals surface area contributed by atoms with Crippen molar-refractivity contribution in [1.82, 2.24) is 20.1 Å². The van der Waals surface area contributed by atoms with E-state index in [4.69, 9.17) is 0 Å². The summed E-state index contributed by atoms with van der Waals surface area (Å²) in [6, 6.07) is 3.49. The fraction of sp³-hybridized carbons (Fsp3) is 0.526. The number of carbonyl (C=O) groups is 1. The normalized spacial score (nSPS) is 29.7. The standard InChI is InChI=1S/C19H16F6N4O/c20-18(21,22)14-5-10(1-3-26-14)12-6-13-11(2-4-29(13)28-12)27-15(30)16-7-17(8-16,9-16)19(23,24)25/h1,3,5-6,11H,2,4,7-9H2,(H,27,30)/t11-,16?,17?/m1/s1. The number of fused-ring (bicyclic) bond motifs is 1. The third kappa shape index (κ3) is 2.66. The van der Waals surface area contributed by atoms with Crippen molar-refractivity contribution in [2.24, 2.45) is 10.8 Å². The number of nitrogens with one attached hydrogen (secondary N) is 1. The van der Waals surface area contributed by atoms with E-state index < -0.39 is 40.8 Å². The van der Waals surface area contributed by atoms with Crippen LogP contribution in [0.15, 0.2) is 24.4 Å². The Kier molecular flexibility index (Phi) is 3.72. The minimum atomic E-state index is -4.58. The summed E-state index contributed by atoms with van der Waals surface area (Å²) in [6.07, 6.45) is -7.81. The van der Waals surface area contributed by atoms with Gasteiger partial charge in [0.1, 0.15) is 5.69 Å². The van der Waals surface area contributed by atoms with Crippen molar-refractivity contribution < 1.29 is 31.1 Å². The zero-order chi connectivity index (χ0) is 21.5. The van der Waals surface area contributed by atoms with E-state index in [1.165, 1.54) is 6.07 Å². The zero-order valence-electron chi connectivity index (χ0n) is 15.4. The molecule has 0 aromatic carbocycles. The van der Waals surface area contributed by atoms with Gasteiger partial charge in [0.25, 0.3) is 0 Å². The van der Waals surface area contributed by atoms with Crippen LogP contribution in [0.1, 0.15) is 43.1 Å². The van der Waals surface area contributed by atoms with Gasteiger partial charge in [-0.25, -0.2) is 0 Å². The highest BCUT2D eigenvalue weighted by molar-refractivity contribution is 5.87. The minimum absolute atomic E-state index is 0.177.